The Kier molecular flexibility index (Phi) is 4.55. The fourth-order valence-electron chi connectivity index (χ4n) is 1.18. The van der Waals surface area contributed by atoms with Gasteiger partial charge in [-0.15, -0.1) is 0 Å². The van der Waals surface area contributed by atoms with Crippen molar-refractivity contribution < 1.29 is 35.4 Å². The van der Waals surface area contributed by atoms with E-state index in [1.807, 2.05) is 0 Å². The van der Waals surface area contributed by atoms with E-state index in [0.717, 1.165) is 25.3 Å². The summed E-state index contributed by atoms with van der Waals surface area (Å²) in [6, 6.07) is 2.32. The Hall–Kier alpha value is -1.88. The molecule has 0 bridgehead atoms. The first-order chi connectivity index (χ1) is 9.07. The van der Waals surface area contributed by atoms with Crippen LogP contribution >= 0.6 is 0 Å². The zero-order valence-corrected chi connectivity index (χ0v) is 10.7. The highest BCUT2D eigenvalue weighted by molar-refractivity contribution is 7.86. The SMILES string of the molecule is COc1cc([N+](=O)[O-])ccc1S(=O)(=O)OCC(F)(F)F. The summed E-state index contributed by atoms with van der Waals surface area (Å²) in [6.45, 7) is -2.00. The molecule has 7 nitrogen and oxygen atoms in total. The lowest BCUT2D eigenvalue weighted by molar-refractivity contribution is -0.385. The van der Waals surface area contributed by atoms with E-state index in [4.69, 9.17) is 0 Å². The number of halogens is 3. The van der Waals surface area contributed by atoms with Crippen LogP contribution in [0.4, 0.5) is 18.9 Å². The fourth-order valence-corrected chi connectivity index (χ4v) is 2.22. The summed E-state index contributed by atoms with van der Waals surface area (Å²) in [7, 11) is -3.73. The van der Waals surface area contributed by atoms with Gasteiger partial charge in [-0.05, 0) is 6.07 Å². The molecule has 11 heteroatoms. The highest BCUT2D eigenvalue weighted by Crippen LogP contribution is 2.30. The van der Waals surface area contributed by atoms with Gasteiger partial charge in [0.15, 0.2) is 6.61 Å². The van der Waals surface area contributed by atoms with E-state index in [-0.39, 0.29) is 0 Å². The molecule has 0 unspecified atom stereocenters. The Bertz CT molecular complexity index is 613. The van der Waals surface area contributed by atoms with E-state index in [9.17, 15) is 31.7 Å². The molecule has 0 radical (unpaired) electrons. The number of rotatable bonds is 5. The van der Waals surface area contributed by atoms with Gasteiger partial charge in [0, 0.05) is 6.07 Å². The number of nitrogens with zero attached hydrogens (tertiary/aromatic N) is 1. The molecule has 1 aromatic carbocycles. The van der Waals surface area contributed by atoms with Gasteiger partial charge in [-0.3, -0.25) is 14.3 Å². The largest absolute Gasteiger partial charge is 0.495 e. The molecule has 0 aromatic heterocycles. The second kappa shape index (κ2) is 5.63. The predicted octanol–water partition coefficient (Wildman–Crippen LogP) is 1.87. The molecule has 0 saturated carbocycles. The molecule has 1 rings (SSSR count). The van der Waals surface area contributed by atoms with Gasteiger partial charge in [0.1, 0.15) is 10.6 Å². The number of alkyl halides is 3. The fraction of sp³-hybridized carbons (Fsp3) is 0.333. The monoisotopic (exact) mass is 315 g/mol. The summed E-state index contributed by atoms with van der Waals surface area (Å²) in [5, 5.41) is 10.5. The van der Waals surface area contributed by atoms with Crippen LogP contribution in [0, 0.1) is 10.1 Å². The smallest absolute Gasteiger partial charge is 0.413 e. The normalized spacial score (nSPS) is 12.2. The average Bonchev–Trinajstić information content (AvgIpc) is 2.35. The van der Waals surface area contributed by atoms with Gasteiger partial charge in [-0.25, -0.2) is 0 Å². The number of nitro benzene ring substituents is 1. The first-order valence-electron chi connectivity index (χ1n) is 4.85. The maximum atomic E-state index is 11.9. The molecule has 0 aliphatic heterocycles. The lowest BCUT2D eigenvalue weighted by Gasteiger charge is -2.10. The number of methoxy groups -OCH3 is 1. The minimum Gasteiger partial charge on any atom is -0.495 e. The Labute approximate surface area is 111 Å². The quantitative estimate of drug-likeness (QED) is 0.467. The zero-order valence-electron chi connectivity index (χ0n) is 9.88. The highest BCUT2D eigenvalue weighted by atomic mass is 32.2. The lowest BCUT2D eigenvalue weighted by atomic mass is 10.3. The van der Waals surface area contributed by atoms with Crippen molar-refractivity contribution in [3.8, 4) is 5.75 Å². The topological polar surface area (TPSA) is 95.7 Å². The summed E-state index contributed by atoms with van der Waals surface area (Å²) in [6.07, 6.45) is -4.83. The molecule has 1 aromatic rings. The molecule has 0 aliphatic rings. The van der Waals surface area contributed by atoms with Crippen LogP contribution in [-0.4, -0.2) is 33.2 Å². The van der Waals surface area contributed by atoms with Crippen LogP contribution in [0.5, 0.6) is 5.75 Å². The van der Waals surface area contributed by atoms with Crippen molar-refractivity contribution >= 4 is 15.8 Å². The highest BCUT2D eigenvalue weighted by Gasteiger charge is 2.33. The number of nitro groups is 1. The number of ether oxygens (including phenoxy) is 1. The lowest BCUT2D eigenvalue weighted by Crippen LogP contribution is -2.21. The summed E-state index contributed by atoms with van der Waals surface area (Å²) >= 11 is 0. The first-order valence-corrected chi connectivity index (χ1v) is 6.26. The molecule has 112 valence electrons. The summed E-state index contributed by atoms with van der Waals surface area (Å²) < 4.78 is 67.4. The Morgan fingerprint density at radius 2 is 1.95 bits per heavy atom. The van der Waals surface area contributed by atoms with Gasteiger partial charge in [0.05, 0.1) is 18.1 Å². The van der Waals surface area contributed by atoms with Crippen molar-refractivity contribution in [2.45, 2.75) is 11.1 Å². The molecule has 0 aliphatic carbocycles. The van der Waals surface area contributed by atoms with E-state index < -0.39 is 44.2 Å². The number of benzene rings is 1. The van der Waals surface area contributed by atoms with Crippen LogP contribution in [0.2, 0.25) is 0 Å². The van der Waals surface area contributed by atoms with Crippen molar-refractivity contribution in [2.24, 2.45) is 0 Å². The molecule has 0 atom stereocenters. The molecular formula is C9H8F3NO6S. The molecular weight excluding hydrogens is 307 g/mol. The Balaban J connectivity index is 3.15. The van der Waals surface area contributed by atoms with Gasteiger partial charge in [-0.2, -0.15) is 21.6 Å². The number of non-ortho nitro benzene ring substituents is 1. The molecule has 0 N–H and O–H groups in total. The van der Waals surface area contributed by atoms with Crippen LogP contribution in [0.1, 0.15) is 0 Å². The first kappa shape index (κ1) is 16.2. The van der Waals surface area contributed by atoms with Crippen molar-refractivity contribution in [3.63, 3.8) is 0 Å². The molecule has 0 spiro atoms. The third-order valence-corrected chi connectivity index (χ3v) is 3.31. The van der Waals surface area contributed by atoms with E-state index in [0.29, 0.717) is 0 Å². The second-order valence-corrected chi connectivity index (χ2v) is 5.01. The number of hydrogen-bond donors (Lipinski definition) is 0. The summed E-state index contributed by atoms with van der Waals surface area (Å²) in [4.78, 5) is 8.97. The Morgan fingerprint density at radius 1 is 1.35 bits per heavy atom. The third-order valence-electron chi connectivity index (χ3n) is 2.01. The second-order valence-electron chi connectivity index (χ2n) is 3.42. The molecule has 0 amide bonds. The van der Waals surface area contributed by atoms with Gasteiger partial charge in [0.25, 0.3) is 5.69 Å². The van der Waals surface area contributed by atoms with E-state index in [1.54, 1.807) is 0 Å². The summed E-state index contributed by atoms with van der Waals surface area (Å²) in [5.41, 5.74) is -0.475. The van der Waals surface area contributed by atoms with Gasteiger partial charge in [0.2, 0.25) is 0 Å². The predicted molar refractivity (Wildman–Crippen MR) is 58.8 cm³/mol. The van der Waals surface area contributed by atoms with E-state index >= 15 is 0 Å². The van der Waals surface area contributed by atoms with Crippen LogP contribution in [0.25, 0.3) is 0 Å². The van der Waals surface area contributed by atoms with E-state index in [1.165, 1.54) is 0 Å². The Morgan fingerprint density at radius 3 is 2.40 bits per heavy atom. The van der Waals surface area contributed by atoms with Gasteiger partial charge >= 0.3 is 16.3 Å². The van der Waals surface area contributed by atoms with Gasteiger partial charge in [-0.1, -0.05) is 0 Å². The molecule has 0 fully saturated rings. The minimum absolute atomic E-state index is 0.475. The molecule has 20 heavy (non-hydrogen) atoms. The minimum atomic E-state index is -4.83. The van der Waals surface area contributed by atoms with Crippen LogP contribution in [-0.2, 0) is 14.3 Å². The standard InChI is InChI=1S/C9H8F3NO6S/c1-18-7-4-6(13(14)15)2-3-8(7)20(16,17)19-5-9(10,11)12/h2-4H,5H2,1H3. The van der Waals surface area contributed by atoms with Crippen molar-refractivity contribution in [1.29, 1.82) is 0 Å². The van der Waals surface area contributed by atoms with Crippen LogP contribution < -0.4 is 4.74 Å². The summed E-state index contributed by atoms with van der Waals surface area (Å²) in [5.74, 6) is -0.485. The third kappa shape index (κ3) is 4.06. The van der Waals surface area contributed by atoms with Crippen LogP contribution in [0.3, 0.4) is 0 Å². The molecule has 0 saturated heterocycles. The van der Waals surface area contributed by atoms with Crippen molar-refractivity contribution in [2.75, 3.05) is 13.7 Å². The maximum Gasteiger partial charge on any atom is 0.413 e. The van der Waals surface area contributed by atoms with E-state index in [2.05, 4.69) is 8.92 Å². The van der Waals surface area contributed by atoms with Gasteiger partial charge < -0.3 is 4.74 Å². The van der Waals surface area contributed by atoms with Crippen molar-refractivity contribution in [1.82, 2.24) is 0 Å². The average molecular weight is 315 g/mol. The maximum absolute atomic E-state index is 11.9. The van der Waals surface area contributed by atoms with Crippen LogP contribution in [0.15, 0.2) is 23.1 Å². The molecule has 0 heterocycles. The van der Waals surface area contributed by atoms with Crippen molar-refractivity contribution in [3.05, 3.63) is 28.3 Å². The number of hydrogen-bond acceptors (Lipinski definition) is 6. The zero-order chi connectivity index (χ0) is 15.6.